The Bertz CT molecular complexity index is 370. The maximum Gasteiger partial charge on any atom is 0.234 e. The van der Waals surface area contributed by atoms with Gasteiger partial charge in [-0.25, -0.2) is 0 Å². The van der Waals surface area contributed by atoms with E-state index in [4.69, 9.17) is 11.6 Å². The largest absolute Gasteiger partial charge is 0.355 e. The van der Waals surface area contributed by atoms with Crippen molar-refractivity contribution < 1.29 is 4.79 Å². The number of carbonyl (C=O) groups is 1. The SMILES string of the molecule is CCCCNC(=O)C(Br)Cc1ccccc1Cl. The van der Waals surface area contributed by atoms with Gasteiger partial charge in [0.25, 0.3) is 0 Å². The maximum absolute atomic E-state index is 11.7. The Labute approximate surface area is 116 Å². The lowest BCUT2D eigenvalue weighted by molar-refractivity contribution is -0.120. The van der Waals surface area contributed by atoms with Crippen molar-refractivity contribution in [2.75, 3.05) is 6.54 Å². The van der Waals surface area contributed by atoms with E-state index < -0.39 is 0 Å². The van der Waals surface area contributed by atoms with Crippen LogP contribution in [-0.4, -0.2) is 17.3 Å². The van der Waals surface area contributed by atoms with Gasteiger partial charge in [0.1, 0.15) is 0 Å². The summed E-state index contributed by atoms with van der Waals surface area (Å²) in [5.74, 6) is 0.0263. The zero-order chi connectivity index (χ0) is 12.7. The molecule has 0 spiro atoms. The summed E-state index contributed by atoms with van der Waals surface area (Å²) in [5, 5.41) is 3.60. The van der Waals surface area contributed by atoms with Crippen LogP contribution in [0.2, 0.25) is 5.02 Å². The molecule has 0 fully saturated rings. The van der Waals surface area contributed by atoms with Crippen LogP contribution < -0.4 is 5.32 Å². The van der Waals surface area contributed by atoms with Gasteiger partial charge in [-0.1, -0.05) is 59.1 Å². The van der Waals surface area contributed by atoms with E-state index in [1.165, 1.54) is 0 Å². The summed E-state index contributed by atoms with van der Waals surface area (Å²) in [6, 6.07) is 7.59. The van der Waals surface area contributed by atoms with Crippen molar-refractivity contribution in [1.82, 2.24) is 5.32 Å². The van der Waals surface area contributed by atoms with Crippen LogP contribution in [0.5, 0.6) is 0 Å². The van der Waals surface area contributed by atoms with Crippen molar-refractivity contribution in [3.8, 4) is 0 Å². The number of benzene rings is 1. The van der Waals surface area contributed by atoms with Crippen LogP contribution in [0.4, 0.5) is 0 Å². The first-order valence-electron chi connectivity index (χ1n) is 5.80. The molecule has 0 aliphatic carbocycles. The summed E-state index contributed by atoms with van der Waals surface area (Å²) in [7, 11) is 0. The second-order valence-electron chi connectivity index (χ2n) is 3.91. The molecule has 17 heavy (non-hydrogen) atoms. The number of carbonyl (C=O) groups excluding carboxylic acids is 1. The van der Waals surface area contributed by atoms with Crippen LogP contribution in [0.3, 0.4) is 0 Å². The molecule has 4 heteroatoms. The summed E-state index contributed by atoms with van der Waals surface area (Å²) in [4.78, 5) is 11.5. The van der Waals surface area contributed by atoms with E-state index in [1.807, 2.05) is 24.3 Å². The van der Waals surface area contributed by atoms with Crippen LogP contribution in [0.25, 0.3) is 0 Å². The highest BCUT2D eigenvalue weighted by atomic mass is 79.9. The molecular weight excluding hydrogens is 302 g/mol. The molecule has 2 nitrogen and oxygen atoms in total. The summed E-state index contributed by atoms with van der Waals surface area (Å²) in [6.45, 7) is 2.83. The molecule has 0 radical (unpaired) electrons. The van der Waals surface area contributed by atoms with Crippen LogP contribution in [-0.2, 0) is 11.2 Å². The van der Waals surface area contributed by atoms with E-state index in [1.54, 1.807) is 0 Å². The smallest absolute Gasteiger partial charge is 0.234 e. The normalized spacial score (nSPS) is 12.2. The lowest BCUT2D eigenvalue weighted by atomic mass is 10.1. The van der Waals surface area contributed by atoms with Crippen molar-refractivity contribution in [1.29, 1.82) is 0 Å². The van der Waals surface area contributed by atoms with Crippen molar-refractivity contribution in [3.63, 3.8) is 0 Å². The van der Waals surface area contributed by atoms with Gasteiger partial charge in [-0.2, -0.15) is 0 Å². The number of halogens is 2. The maximum atomic E-state index is 11.7. The van der Waals surface area contributed by atoms with E-state index in [-0.39, 0.29) is 10.7 Å². The summed E-state index contributed by atoms with van der Waals surface area (Å²) >= 11 is 9.44. The van der Waals surface area contributed by atoms with Crippen LogP contribution in [0, 0.1) is 0 Å². The van der Waals surface area contributed by atoms with Crippen molar-refractivity contribution >= 4 is 33.4 Å². The molecule has 0 saturated carbocycles. The first kappa shape index (κ1) is 14.5. The van der Waals surface area contributed by atoms with E-state index in [9.17, 15) is 4.79 Å². The minimum Gasteiger partial charge on any atom is -0.355 e. The van der Waals surface area contributed by atoms with Gasteiger partial charge in [0.15, 0.2) is 0 Å². The number of hydrogen-bond acceptors (Lipinski definition) is 1. The first-order valence-corrected chi connectivity index (χ1v) is 7.09. The predicted octanol–water partition coefficient (Wildman–Crippen LogP) is 3.56. The molecule has 1 atom stereocenters. The van der Waals surface area contributed by atoms with Gasteiger partial charge in [-0.05, 0) is 24.5 Å². The Morgan fingerprint density at radius 1 is 1.47 bits per heavy atom. The molecule has 1 unspecified atom stereocenters. The van der Waals surface area contributed by atoms with E-state index in [2.05, 4.69) is 28.2 Å². The number of nitrogens with one attached hydrogen (secondary N) is 1. The summed E-state index contributed by atoms with van der Waals surface area (Å²) < 4.78 is 0. The zero-order valence-electron chi connectivity index (χ0n) is 9.88. The number of unbranched alkanes of at least 4 members (excludes halogenated alkanes) is 1. The Hall–Kier alpha value is -0.540. The molecule has 1 rings (SSSR count). The molecule has 0 aromatic heterocycles. The minimum absolute atomic E-state index is 0.0263. The molecule has 1 N–H and O–H groups in total. The molecule has 1 aromatic carbocycles. The molecule has 94 valence electrons. The van der Waals surface area contributed by atoms with Crippen LogP contribution in [0.15, 0.2) is 24.3 Å². The second kappa shape index (κ2) is 7.72. The van der Waals surface area contributed by atoms with Crippen molar-refractivity contribution in [3.05, 3.63) is 34.9 Å². The fraction of sp³-hybridized carbons (Fsp3) is 0.462. The van der Waals surface area contributed by atoms with Crippen molar-refractivity contribution in [2.45, 2.75) is 31.0 Å². The fourth-order valence-corrected chi connectivity index (χ4v) is 2.17. The van der Waals surface area contributed by atoms with E-state index in [0.29, 0.717) is 11.4 Å². The first-order chi connectivity index (χ1) is 8.15. The second-order valence-corrected chi connectivity index (χ2v) is 5.42. The van der Waals surface area contributed by atoms with Gasteiger partial charge in [-0.3, -0.25) is 4.79 Å². The number of hydrogen-bond donors (Lipinski definition) is 1. The average Bonchev–Trinajstić information content (AvgIpc) is 2.32. The third kappa shape index (κ3) is 5.09. The van der Waals surface area contributed by atoms with Gasteiger partial charge < -0.3 is 5.32 Å². The molecule has 0 aliphatic rings. The van der Waals surface area contributed by atoms with E-state index in [0.717, 1.165) is 24.9 Å². The number of amides is 1. The average molecular weight is 319 g/mol. The molecule has 0 bridgehead atoms. The Morgan fingerprint density at radius 3 is 2.82 bits per heavy atom. The number of alkyl halides is 1. The van der Waals surface area contributed by atoms with Crippen LogP contribution >= 0.6 is 27.5 Å². The van der Waals surface area contributed by atoms with Gasteiger partial charge in [-0.15, -0.1) is 0 Å². The number of rotatable bonds is 6. The fourth-order valence-electron chi connectivity index (χ4n) is 1.45. The minimum atomic E-state index is -0.223. The highest BCUT2D eigenvalue weighted by Crippen LogP contribution is 2.19. The van der Waals surface area contributed by atoms with Gasteiger partial charge in [0.2, 0.25) is 5.91 Å². The predicted molar refractivity (Wildman–Crippen MR) is 75.8 cm³/mol. The van der Waals surface area contributed by atoms with Gasteiger partial charge in [0, 0.05) is 11.6 Å². The van der Waals surface area contributed by atoms with Gasteiger partial charge in [0.05, 0.1) is 4.83 Å². The highest BCUT2D eigenvalue weighted by Gasteiger charge is 2.15. The third-order valence-corrected chi connectivity index (χ3v) is 3.58. The zero-order valence-corrected chi connectivity index (χ0v) is 12.2. The topological polar surface area (TPSA) is 29.1 Å². The molecule has 1 amide bonds. The quantitative estimate of drug-likeness (QED) is 0.630. The Kier molecular flexibility index (Phi) is 6.60. The Balaban J connectivity index is 2.46. The Morgan fingerprint density at radius 2 is 2.18 bits per heavy atom. The van der Waals surface area contributed by atoms with Crippen LogP contribution in [0.1, 0.15) is 25.3 Å². The van der Waals surface area contributed by atoms with Gasteiger partial charge >= 0.3 is 0 Å². The molecule has 1 aromatic rings. The third-order valence-electron chi connectivity index (χ3n) is 2.47. The standard InChI is InChI=1S/C13H17BrClNO/c1-2-3-8-16-13(17)11(14)9-10-6-4-5-7-12(10)15/h4-7,11H,2-3,8-9H2,1H3,(H,16,17). The lowest BCUT2D eigenvalue weighted by Crippen LogP contribution is -2.33. The molecule has 0 saturated heterocycles. The van der Waals surface area contributed by atoms with E-state index >= 15 is 0 Å². The van der Waals surface area contributed by atoms with Crippen molar-refractivity contribution in [2.24, 2.45) is 0 Å². The molecule has 0 aliphatic heterocycles. The summed E-state index contributed by atoms with van der Waals surface area (Å²) in [6.07, 6.45) is 2.70. The molecular formula is C13H17BrClNO. The monoisotopic (exact) mass is 317 g/mol. The molecule has 0 heterocycles. The lowest BCUT2D eigenvalue weighted by Gasteiger charge is -2.11. The highest BCUT2D eigenvalue weighted by molar-refractivity contribution is 9.10. The summed E-state index contributed by atoms with van der Waals surface area (Å²) in [5.41, 5.74) is 0.988.